The van der Waals surface area contributed by atoms with E-state index in [1.807, 2.05) is 6.07 Å². The van der Waals surface area contributed by atoms with Gasteiger partial charge in [0.2, 0.25) is 4.96 Å². The van der Waals surface area contributed by atoms with Crippen molar-refractivity contribution in [2.45, 2.75) is 12.8 Å². The number of aryl methyl sites for hydroxylation is 1. The fraction of sp³-hybridized carbons (Fsp3) is 0.167. The van der Waals surface area contributed by atoms with Crippen molar-refractivity contribution in [2.75, 3.05) is 0 Å². The molecule has 0 fully saturated rings. The molecule has 3 rings (SSSR count). The van der Waals surface area contributed by atoms with Crippen LogP contribution in [0, 0.1) is 0 Å². The highest BCUT2D eigenvalue weighted by Crippen LogP contribution is 2.15. The Morgan fingerprint density at radius 2 is 2.16 bits per heavy atom. The average Bonchev–Trinajstić information content (AvgIpc) is 2.80. The summed E-state index contributed by atoms with van der Waals surface area (Å²) in [5.41, 5.74) is 0.374. The normalized spacial score (nSPS) is 11.2. The van der Waals surface area contributed by atoms with Crippen molar-refractivity contribution in [1.82, 2.24) is 14.6 Å². The first-order valence-electron chi connectivity index (χ1n) is 5.62. The minimum absolute atomic E-state index is 0.117. The van der Waals surface area contributed by atoms with Crippen LogP contribution in [-0.2, 0) is 11.2 Å². The second-order valence-electron chi connectivity index (χ2n) is 4.00. The highest BCUT2D eigenvalue weighted by Gasteiger charge is 2.10. The highest BCUT2D eigenvalue weighted by molar-refractivity contribution is 7.16. The van der Waals surface area contributed by atoms with Crippen molar-refractivity contribution < 1.29 is 9.90 Å². The summed E-state index contributed by atoms with van der Waals surface area (Å²) in [4.78, 5) is 27.4. The number of para-hydroxylation sites is 1. The number of rotatable bonds is 3. The maximum Gasteiger partial charge on any atom is 0.283 e. The Bertz CT molecular complexity index is 837. The Labute approximate surface area is 111 Å². The van der Waals surface area contributed by atoms with Gasteiger partial charge in [0.05, 0.1) is 10.9 Å². The van der Waals surface area contributed by atoms with E-state index < -0.39 is 5.97 Å². The molecule has 0 radical (unpaired) electrons. The zero-order chi connectivity index (χ0) is 13.4. The number of fused-ring (bicyclic) bond motifs is 2. The van der Waals surface area contributed by atoms with E-state index in [-0.39, 0.29) is 18.4 Å². The standard InChI is InChI=1S/C12H9N3O3S/c16-10(17)6-5-9-14-15-11(18)7-3-1-2-4-8(7)13-12(15)19-9/h1-4H,5-6H2,(H,16,17)/p-1. The van der Waals surface area contributed by atoms with Crippen molar-refractivity contribution in [2.24, 2.45) is 0 Å². The molecule has 0 unspecified atom stereocenters. The Hall–Kier alpha value is -2.28. The Morgan fingerprint density at radius 3 is 2.95 bits per heavy atom. The Morgan fingerprint density at radius 1 is 1.37 bits per heavy atom. The average molecular weight is 274 g/mol. The van der Waals surface area contributed by atoms with E-state index in [1.165, 1.54) is 15.9 Å². The van der Waals surface area contributed by atoms with Gasteiger partial charge in [-0.05, 0) is 18.6 Å². The number of hydrogen-bond donors (Lipinski definition) is 0. The molecule has 0 aliphatic heterocycles. The number of benzene rings is 1. The van der Waals surface area contributed by atoms with Gasteiger partial charge in [0, 0.05) is 12.4 Å². The molecule has 3 aromatic rings. The summed E-state index contributed by atoms with van der Waals surface area (Å²) >= 11 is 1.22. The number of carboxylic acid groups (broad SMARTS) is 1. The van der Waals surface area contributed by atoms with Gasteiger partial charge in [0.25, 0.3) is 5.56 Å². The van der Waals surface area contributed by atoms with E-state index in [0.29, 0.717) is 20.9 Å². The van der Waals surface area contributed by atoms with Gasteiger partial charge in [-0.3, -0.25) is 4.79 Å². The summed E-state index contributed by atoms with van der Waals surface area (Å²) in [5, 5.41) is 15.6. The van der Waals surface area contributed by atoms with Gasteiger partial charge in [0.1, 0.15) is 5.01 Å². The van der Waals surface area contributed by atoms with E-state index in [0.717, 1.165) is 0 Å². The number of aliphatic carboxylic acids is 1. The molecule has 0 bridgehead atoms. The predicted octanol–water partition coefficient (Wildman–Crippen LogP) is -0.0133. The number of carbonyl (C=O) groups excluding carboxylic acids is 1. The fourth-order valence-corrected chi connectivity index (χ4v) is 2.70. The molecule has 6 nitrogen and oxygen atoms in total. The van der Waals surface area contributed by atoms with Gasteiger partial charge in [-0.1, -0.05) is 23.5 Å². The second-order valence-corrected chi connectivity index (χ2v) is 5.04. The third-order valence-corrected chi connectivity index (χ3v) is 3.66. The van der Waals surface area contributed by atoms with Crippen LogP contribution in [0.3, 0.4) is 0 Å². The maximum atomic E-state index is 12.2. The molecule has 0 saturated carbocycles. The van der Waals surface area contributed by atoms with Crippen LogP contribution in [0.5, 0.6) is 0 Å². The van der Waals surface area contributed by atoms with Crippen LogP contribution in [0.2, 0.25) is 0 Å². The maximum absolute atomic E-state index is 12.2. The summed E-state index contributed by atoms with van der Waals surface area (Å²) in [5.74, 6) is -1.13. The number of hydrogen-bond acceptors (Lipinski definition) is 6. The SMILES string of the molecule is O=C([O-])CCc1nn2c(=O)c3ccccc3nc2s1. The van der Waals surface area contributed by atoms with E-state index in [9.17, 15) is 14.7 Å². The van der Waals surface area contributed by atoms with Crippen LogP contribution in [0.4, 0.5) is 0 Å². The van der Waals surface area contributed by atoms with Crippen molar-refractivity contribution >= 4 is 33.2 Å². The summed E-state index contributed by atoms with van der Waals surface area (Å²) in [6.07, 6.45) is 0.125. The zero-order valence-electron chi connectivity index (χ0n) is 9.70. The molecular weight excluding hydrogens is 266 g/mol. The van der Waals surface area contributed by atoms with E-state index >= 15 is 0 Å². The van der Waals surface area contributed by atoms with E-state index in [2.05, 4.69) is 10.1 Å². The summed E-state index contributed by atoms with van der Waals surface area (Å²) in [7, 11) is 0. The van der Waals surface area contributed by atoms with E-state index in [1.54, 1.807) is 18.2 Å². The molecule has 96 valence electrons. The lowest BCUT2D eigenvalue weighted by atomic mass is 10.2. The fourth-order valence-electron chi connectivity index (χ4n) is 1.80. The number of nitrogens with zero attached hydrogens (tertiary/aromatic N) is 3. The van der Waals surface area contributed by atoms with Gasteiger partial charge in [-0.15, -0.1) is 0 Å². The number of carbonyl (C=O) groups is 1. The Balaban J connectivity index is 2.17. The largest absolute Gasteiger partial charge is 0.550 e. The lowest BCUT2D eigenvalue weighted by Gasteiger charge is -1.96. The van der Waals surface area contributed by atoms with Gasteiger partial charge >= 0.3 is 0 Å². The lowest BCUT2D eigenvalue weighted by Crippen LogP contribution is -2.22. The van der Waals surface area contributed by atoms with Gasteiger partial charge < -0.3 is 9.90 Å². The predicted molar refractivity (Wildman–Crippen MR) is 68.0 cm³/mol. The molecule has 2 aromatic heterocycles. The minimum Gasteiger partial charge on any atom is -0.550 e. The Kier molecular flexibility index (Phi) is 2.75. The van der Waals surface area contributed by atoms with E-state index in [4.69, 9.17) is 0 Å². The molecule has 0 aliphatic rings. The monoisotopic (exact) mass is 274 g/mol. The number of aromatic nitrogens is 3. The third kappa shape index (κ3) is 2.08. The summed E-state index contributed by atoms with van der Waals surface area (Å²) in [6, 6.07) is 7.03. The molecule has 0 saturated heterocycles. The lowest BCUT2D eigenvalue weighted by molar-refractivity contribution is -0.305. The quantitative estimate of drug-likeness (QED) is 0.670. The summed E-state index contributed by atoms with van der Waals surface area (Å²) < 4.78 is 1.22. The van der Waals surface area contributed by atoms with Crippen LogP contribution >= 0.6 is 11.3 Å². The minimum atomic E-state index is -1.13. The molecule has 0 amide bonds. The van der Waals surface area contributed by atoms with Crippen molar-refractivity contribution in [3.05, 3.63) is 39.6 Å². The molecule has 0 aliphatic carbocycles. The molecule has 19 heavy (non-hydrogen) atoms. The van der Waals surface area contributed by atoms with Crippen LogP contribution in [0.1, 0.15) is 11.4 Å². The van der Waals surface area contributed by atoms with Crippen LogP contribution in [0.25, 0.3) is 15.9 Å². The second kappa shape index (κ2) is 4.43. The molecule has 2 heterocycles. The molecule has 7 heteroatoms. The van der Waals surface area contributed by atoms with Crippen molar-refractivity contribution in [3.63, 3.8) is 0 Å². The van der Waals surface area contributed by atoms with Crippen LogP contribution < -0.4 is 10.7 Å². The first-order chi connectivity index (χ1) is 9.15. The number of carboxylic acids is 1. The van der Waals surface area contributed by atoms with Gasteiger partial charge in [-0.2, -0.15) is 9.61 Å². The van der Waals surface area contributed by atoms with Gasteiger partial charge in [-0.25, -0.2) is 4.98 Å². The first-order valence-corrected chi connectivity index (χ1v) is 6.44. The molecule has 0 N–H and O–H groups in total. The third-order valence-electron chi connectivity index (χ3n) is 2.69. The zero-order valence-corrected chi connectivity index (χ0v) is 10.5. The van der Waals surface area contributed by atoms with Crippen molar-refractivity contribution in [1.29, 1.82) is 0 Å². The smallest absolute Gasteiger partial charge is 0.283 e. The van der Waals surface area contributed by atoms with Gasteiger partial charge in [0.15, 0.2) is 0 Å². The first kappa shape index (κ1) is 11.8. The molecule has 1 aromatic carbocycles. The van der Waals surface area contributed by atoms with Crippen LogP contribution in [0.15, 0.2) is 29.1 Å². The van der Waals surface area contributed by atoms with Crippen LogP contribution in [-0.4, -0.2) is 20.6 Å². The highest BCUT2D eigenvalue weighted by atomic mass is 32.1. The summed E-state index contributed by atoms with van der Waals surface area (Å²) in [6.45, 7) is 0. The topological polar surface area (TPSA) is 87.4 Å². The molecular formula is C12H8N3O3S-. The van der Waals surface area contributed by atoms with Crippen molar-refractivity contribution in [3.8, 4) is 0 Å². The molecule has 0 atom stereocenters. The molecule has 0 spiro atoms.